The molecule has 24 heavy (non-hydrogen) atoms. The van der Waals surface area contributed by atoms with Crippen LogP contribution in [0.5, 0.6) is 0 Å². The van der Waals surface area contributed by atoms with Gasteiger partial charge in [0.05, 0.1) is 6.61 Å². The van der Waals surface area contributed by atoms with Crippen LogP contribution in [0.3, 0.4) is 0 Å². The summed E-state index contributed by atoms with van der Waals surface area (Å²) in [6.45, 7) is 3.30. The number of benzene rings is 2. The molecule has 1 saturated heterocycles. The Labute approximate surface area is 149 Å². The van der Waals surface area contributed by atoms with E-state index in [1.165, 1.54) is 24.1 Å². The zero-order chi connectivity index (χ0) is 16.8. The number of piperidine rings is 1. The van der Waals surface area contributed by atoms with Gasteiger partial charge in [-0.3, -0.25) is 0 Å². The number of anilines is 1. The molecule has 0 unspecified atom stereocenters. The Morgan fingerprint density at radius 2 is 1.58 bits per heavy atom. The minimum absolute atomic E-state index is 0.116. The molecule has 0 aromatic heterocycles. The van der Waals surface area contributed by atoms with Gasteiger partial charge < -0.3 is 15.3 Å². The molecule has 4 heteroatoms. The molecule has 0 spiro atoms. The minimum Gasteiger partial charge on any atom is -0.392 e. The number of hydrogen-bond acceptors (Lipinski definition) is 3. The molecule has 3 rings (SSSR count). The first-order valence-corrected chi connectivity index (χ1v) is 9.05. The monoisotopic (exact) mass is 344 g/mol. The summed E-state index contributed by atoms with van der Waals surface area (Å²) in [5.74, 6) is 0. The molecule has 1 fully saturated rings. The van der Waals surface area contributed by atoms with Gasteiger partial charge in [-0.1, -0.05) is 35.9 Å². The summed E-state index contributed by atoms with van der Waals surface area (Å²) < 4.78 is 0. The SMILES string of the molecule is OCc1ccc(CCNC2CCN(c3ccc(Cl)cc3)CC2)cc1. The van der Waals surface area contributed by atoms with Crippen molar-refractivity contribution in [3.8, 4) is 0 Å². The van der Waals surface area contributed by atoms with Crippen LogP contribution in [0.15, 0.2) is 48.5 Å². The second-order valence-corrected chi connectivity index (χ2v) is 6.85. The molecular formula is C20H25ClN2O. The zero-order valence-electron chi connectivity index (χ0n) is 13.9. The molecule has 0 bridgehead atoms. The van der Waals surface area contributed by atoms with Crippen molar-refractivity contribution in [2.75, 3.05) is 24.5 Å². The normalized spacial score (nSPS) is 15.7. The van der Waals surface area contributed by atoms with Gasteiger partial charge in [-0.25, -0.2) is 0 Å². The van der Waals surface area contributed by atoms with Gasteiger partial charge in [-0.2, -0.15) is 0 Å². The topological polar surface area (TPSA) is 35.5 Å². The molecule has 2 aromatic carbocycles. The second kappa shape index (κ2) is 8.52. The maximum atomic E-state index is 9.07. The van der Waals surface area contributed by atoms with Crippen LogP contribution in [0.4, 0.5) is 5.69 Å². The standard InChI is InChI=1S/C20H25ClN2O/c21-18-5-7-20(8-6-18)23-13-10-19(11-14-23)22-12-9-16-1-3-17(15-24)4-2-16/h1-8,19,22,24H,9-15H2. The van der Waals surface area contributed by atoms with E-state index in [2.05, 4.69) is 34.5 Å². The van der Waals surface area contributed by atoms with Gasteiger partial charge in [0, 0.05) is 29.8 Å². The predicted octanol–water partition coefficient (Wildman–Crippen LogP) is 3.63. The molecule has 3 nitrogen and oxygen atoms in total. The van der Waals surface area contributed by atoms with Crippen LogP contribution in [0.1, 0.15) is 24.0 Å². The van der Waals surface area contributed by atoms with E-state index in [0.717, 1.165) is 36.6 Å². The highest BCUT2D eigenvalue weighted by Crippen LogP contribution is 2.22. The number of rotatable bonds is 6. The van der Waals surface area contributed by atoms with Crippen LogP contribution >= 0.6 is 11.6 Å². The van der Waals surface area contributed by atoms with Crippen LogP contribution in [0.25, 0.3) is 0 Å². The molecule has 1 aliphatic rings. The van der Waals surface area contributed by atoms with Gasteiger partial charge in [0.15, 0.2) is 0 Å². The lowest BCUT2D eigenvalue weighted by molar-refractivity contribution is 0.282. The Hall–Kier alpha value is -1.55. The van der Waals surface area contributed by atoms with Crippen LogP contribution in [0.2, 0.25) is 5.02 Å². The Kier molecular flexibility index (Phi) is 6.13. The van der Waals surface area contributed by atoms with E-state index >= 15 is 0 Å². The number of halogens is 1. The van der Waals surface area contributed by atoms with Crippen molar-refractivity contribution in [1.29, 1.82) is 0 Å². The summed E-state index contributed by atoms with van der Waals surface area (Å²) in [7, 11) is 0. The van der Waals surface area contributed by atoms with Gasteiger partial charge in [0.25, 0.3) is 0 Å². The van der Waals surface area contributed by atoms with Gasteiger partial charge in [-0.15, -0.1) is 0 Å². The van der Waals surface area contributed by atoms with E-state index in [-0.39, 0.29) is 6.61 Å². The molecule has 0 amide bonds. The first-order valence-electron chi connectivity index (χ1n) is 8.67. The average Bonchev–Trinajstić information content (AvgIpc) is 2.64. The lowest BCUT2D eigenvalue weighted by Gasteiger charge is -2.34. The molecule has 1 heterocycles. The fourth-order valence-electron chi connectivity index (χ4n) is 3.23. The van der Waals surface area contributed by atoms with E-state index in [1.807, 2.05) is 24.3 Å². The van der Waals surface area contributed by atoms with Crippen molar-refractivity contribution in [2.24, 2.45) is 0 Å². The third kappa shape index (κ3) is 4.73. The summed E-state index contributed by atoms with van der Waals surface area (Å²) in [5, 5.41) is 13.5. The Morgan fingerprint density at radius 3 is 2.21 bits per heavy atom. The van der Waals surface area contributed by atoms with Crippen molar-refractivity contribution in [1.82, 2.24) is 5.32 Å². The minimum atomic E-state index is 0.116. The third-order valence-corrected chi connectivity index (χ3v) is 4.99. The van der Waals surface area contributed by atoms with Crippen molar-refractivity contribution >= 4 is 17.3 Å². The van der Waals surface area contributed by atoms with Crippen molar-refractivity contribution in [3.05, 3.63) is 64.7 Å². The van der Waals surface area contributed by atoms with Crippen LogP contribution < -0.4 is 10.2 Å². The van der Waals surface area contributed by atoms with Crippen LogP contribution in [-0.4, -0.2) is 30.8 Å². The zero-order valence-corrected chi connectivity index (χ0v) is 14.7. The summed E-state index contributed by atoms with van der Waals surface area (Å²) in [4.78, 5) is 2.43. The number of nitrogens with zero attached hydrogens (tertiary/aromatic N) is 1. The number of aliphatic hydroxyl groups excluding tert-OH is 1. The Morgan fingerprint density at radius 1 is 0.958 bits per heavy atom. The highest BCUT2D eigenvalue weighted by Gasteiger charge is 2.18. The third-order valence-electron chi connectivity index (χ3n) is 4.74. The van der Waals surface area contributed by atoms with Crippen LogP contribution in [0, 0.1) is 0 Å². The average molecular weight is 345 g/mol. The second-order valence-electron chi connectivity index (χ2n) is 6.42. The highest BCUT2D eigenvalue weighted by molar-refractivity contribution is 6.30. The van der Waals surface area contributed by atoms with Crippen molar-refractivity contribution in [3.63, 3.8) is 0 Å². The number of nitrogens with one attached hydrogen (secondary N) is 1. The fourth-order valence-corrected chi connectivity index (χ4v) is 3.35. The maximum Gasteiger partial charge on any atom is 0.0681 e. The molecule has 0 radical (unpaired) electrons. The lowest BCUT2D eigenvalue weighted by Crippen LogP contribution is -2.43. The van der Waals surface area contributed by atoms with Gasteiger partial charge in [0.1, 0.15) is 0 Å². The molecule has 2 N–H and O–H groups in total. The van der Waals surface area contributed by atoms with Crippen LogP contribution in [-0.2, 0) is 13.0 Å². The first-order chi connectivity index (χ1) is 11.7. The smallest absolute Gasteiger partial charge is 0.0681 e. The number of aliphatic hydroxyl groups is 1. The van der Waals surface area contributed by atoms with Crippen molar-refractivity contribution in [2.45, 2.75) is 31.9 Å². The molecule has 2 aromatic rings. The molecule has 0 atom stereocenters. The van der Waals surface area contributed by atoms with Crippen molar-refractivity contribution < 1.29 is 5.11 Å². The Balaban J connectivity index is 1.39. The first kappa shape index (κ1) is 17.3. The molecule has 128 valence electrons. The van der Waals surface area contributed by atoms with Gasteiger partial charge in [0.2, 0.25) is 0 Å². The molecule has 0 aliphatic carbocycles. The summed E-state index contributed by atoms with van der Waals surface area (Å²) >= 11 is 5.96. The van der Waals surface area contributed by atoms with Gasteiger partial charge in [-0.05, 0) is 61.2 Å². The van der Waals surface area contributed by atoms with E-state index < -0.39 is 0 Å². The lowest BCUT2D eigenvalue weighted by atomic mass is 10.0. The highest BCUT2D eigenvalue weighted by atomic mass is 35.5. The predicted molar refractivity (Wildman–Crippen MR) is 101 cm³/mol. The quantitative estimate of drug-likeness (QED) is 0.840. The van der Waals surface area contributed by atoms with E-state index in [0.29, 0.717) is 6.04 Å². The van der Waals surface area contributed by atoms with E-state index in [1.54, 1.807) is 0 Å². The summed E-state index contributed by atoms with van der Waals surface area (Å²) in [6, 6.07) is 16.9. The molecular weight excluding hydrogens is 320 g/mol. The van der Waals surface area contributed by atoms with Gasteiger partial charge >= 0.3 is 0 Å². The molecule has 1 aliphatic heterocycles. The summed E-state index contributed by atoms with van der Waals surface area (Å²) in [6.07, 6.45) is 3.38. The number of hydrogen-bond donors (Lipinski definition) is 2. The fraction of sp³-hybridized carbons (Fsp3) is 0.400. The molecule has 0 saturated carbocycles. The van der Waals surface area contributed by atoms with E-state index in [9.17, 15) is 0 Å². The Bertz CT molecular complexity index is 619. The largest absolute Gasteiger partial charge is 0.392 e. The van der Waals surface area contributed by atoms with E-state index in [4.69, 9.17) is 16.7 Å². The maximum absolute atomic E-state index is 9.07. The summed E-state index contributed by atoms with van der Waals surface area (Å²) in [5.41, 5.74) is 3.56.